The summed E-state index contributed by atoms with van der Waals surface area (Å²) in [4.78, 5) is 7.12. The van der Waals surface area contributed by atoms with Crippen molar-refractivity contribution < 1.29 is 4.74 Å². The lowest BCUT2D eigenvalue weighted by Crippen LogP contribution is -2.38. The molecule has 2 aliphatic heterocycles. The minimum Gasteiger partial charge on any atom is -0.381 e. The van der Waals surface area contributed by atoms with Gasteiger partial charge >= 0.3 is 0 Å². The van der Waals surface area contributed by atoms with Crippen molar-refractivity contribution >= 4 is 0 Å². The van der Waals surface area contributed by atoms with Crippen LogP contribution in [0.5, 0.6) is 0 Å². The van der Waals surface area contributed by atoms with E-state index in [1.54, 1.807) is 0 Å². The van der Waals surface area contributed by atoms with Crippen LogP contribution in [0.15, 0.2) is 12.4 Å². The first kappa shape index (κ1) is 12.2. The van der Waals surface area contributed by atoms with Gasteiger partial charge in [-0.05, 0) is 31.7 Å². The Labute approximate surface area is 109 Å². The van der Waals surface area contributed by atoms with Crippen LogP contribution >= 0.6 is 0 Å². The van der Waals surface area contributed by atoms with E-state index in [2.05, 4.69) is 21.5 Å². The summed E-state index contributed by atoms with van der Waals surface area (Å²) in [5.41, 5.74) is 0. The molecule has 0 amide bonds. The van der Waals surface area contributed by atoms with Crippen molar-refractivity contribution in [2.24, 2.45) is 13.0 Å². The van der Waals surface area contributed by atoms with Crippen molar-refractivity contribution in [2.75, 3.05) is 26.3 Å². The zero-order valence-corrected chi connectivity index (χ0v) is 11.2. The standard InChI is InChI=1S/C14H23N3O/c1-16-7-5-15-14(16)10-12-2-6-17(11-12)13-3-8-18-9-4-13/h5,7,12-13H,2-4,6,8-11H2,1H3. The van der Waals surface area contributed by atoms with Crippen molar-refractivity contribution in [1.29, 1.82) is 0 Å². The van der Waals surface area contributed by atoms with E-state index in [9.17, 15) is 0 Å². The van der Waals surface area contributed by atoms with Crippen LogP contribution in [0.4, 0.5) is 0 Å². The van der Waals surface area contributed by atoms with E-state index in [4.69, 9.17) is 4.74 Å². The van der Waals surface area contributed by atoms with Crippen LogP contribution < -0.4 is 0 Å². The van der Waals surface area contributed by atoms with Crippen LogP contribution in [0.3, 0.4) is 0 Å². The van der Waals surface area contributed by atoms with Gasteiger partial charge in [-0.1, -0.05) is 0 Å². The smallest absolute Gasteiger partial charge is 0.108 e. The Morgan fingerprint density at radius 3 is 2.89 bits per heavy atom. The fourth-order valence-corrected chi connectivity index (χ4v) is 3.26. The average Bonchev–Trinajstić information content (AvgIpc) is 3.02. The highest BCUT2D eigenvalue weighted by Gasteiger charge is 2.29. The maximum absolute atomic E-state index is 5.45. The third kappa shape index (κ3) is 2.59. The number of aromatic nitrogens is 2. The van der Waals surface area contributed by atoms with Crippen molar-refractivity contribution in [3.05, 3.63) is 18.2 Å². The number of hydrogen-bond acceptors (Lipinski definition) is 3. The molecule has 0 radical (unpaired) electrons. The molecule has 2 aliphatic rings. The molecule has 0 spiro atoms. The van der Waals surface area contributed by atoms with Gasteiger partial charge in [0.15, 0.2) is 0 Å². The van der Waals surface area contributed by atoms with Crippen LogP contribution in [-0.2, 0) is 18.2 Å². The van der Waals surface area contributed by atoms with E-state index in [-0.39, 0.29) is 0 Å². The minimum absolute atomic E-state index is 0.769. The van der Waals surface area contributed by atoms with E-state index in [0.29, 0.717) is 0 Å². The van der Waals surface area contributed by atoms with Gasteiger partial charge in [-0.2, -0.15) is 0 Å². The minimum atomic E-state index is 0.769. The summed E-state index contributed by atoms with van der Waals surface area (Å²) in [5.74, 6) is 2.02. The molecule has 1 atom stereocenters. The molecular weight excluding hydrogens is 226 g/mol. The van der Waals surface area contributed by atoms with Crippen molar-refractivity contribution in [3.63, 3.8) is 0 Å². The van der Waals surface area contributed by atoms with Gasteiger partial charge in [-0.25, -0.2) is 4.98 Å². The molecule has 4 nitrogen and oxygen atoms in total. The Bertz CT molecular complexity index is 384. The molecule has 0 saturated carbocycles. The number of nitrogens with zero attached hydrogens (tertiary/aromatic N) is 3. The molecule has 18 heavy (non-hydrogen) atoms. The van der Waals surface area contributed by atoms with E-state index in [1.807, 2.05) is 12.4 Å². The highest BCUT2D eigenvalue weighted by molar-refractivity contribution is 4.95. The van der Waals surface area contributed by atoms with Gasteiger partial charge in [0.05, 0.1) is 0 Å². The van der Waals surface area contributed by atoms with Crippen LogP contribution in [0.2, 0.25) is 0 Å². The van der Waals surface area contributed by atoms with E-state index >= 15 is 0 Å². The summed E-state index contributed by atoms with van der Waals surface area (Å²) in [6.45, 7) is 4.41. The van der Waals surface area contributed by atoms with Crippen molar-refractivity contribution in [3.8, 4) is 0 Å². The lowest BCUT2D eigenvalue weighted by molar-refractivity contribution is 0.0411. The summed E-state index contributed by atoms with van der Waals surface area (Å²) in [6, 6.07) is 0.769. The fourth-order valence-electron chi connectivity index (χ4n) is 3.26. The van der Waals surface area contributed by atoms with Crippen molar-refractivity contribution in [1.82, 2.24) is 14.5 Å². The van der Waals surface area contributed by atoms with Gasteiger partial charge in [0, 0.05) is 51.7 Å². The first-order valence-electron chi connectivity index (χ1n) is 7.11. The fraction of sp³-hybridized carbons (Fsp3) is 0.786. The molecule has 1 aromatic rings. The Morgan fingerprint density at radius 1 is 1.33 bits per heavy atom. The topological polar surface area (TPSA) is 30.3 Å². The highest BCUT2D eigenvalue weighted by atomic mass is 16.5. The van der Waals surface area contributed by atoms with Crippen LogP contribution in [0.25, 0.3) is 0 Å². The van der Waals surface area contributed by atoms with Gasteiger partial charge in [-0.3, -0.25) is 4.90 Å². The number of ether oxygens (including phenoxy) is 1. The molecule has 1 aromatic heterocycles. The first-order valence-corrected chi connectivity index (χ1v) is 7.11. The van der Waals surface area contributed by atoms with Gasteiger partial charge in [0.1, 0.15) is 5.82 Å². The number of rotatable bonds is 3. The Hall–Kier alpha value is -0.870. The summed E-state index contributed by atoms with van der Waals surface area (Å²) in [5, 5.41) is 0. The molecule has 1 unspecified atom stereocenters. The number of hydrogen-bond donors (Lipinski definition) is 0. The Balaban J connectivity index is 1.53. The second kappa shape index (κ2) is 5.41. The van der Waals surface area contributed by atoms with Gasteiger partial charge < -0.3 is 9.30 Å². The number of aryl methyl sites for hydroxylation is 1. The largest absolute Gasteiger partial charge is 0.381 e. The molecule has 100 valence electrons. The SMILES string of the molecule is Cn1ccnc1CC1CCN(C2CCOCC2)C1. The second-order valence-corrected chi connectivity index (χ2v) is 5.65. The second-order valence-electron chi connectivity index (χ2n) is 5.65. The Morgan fingerprint density at radius 2 is 2.17 bits per heavy atom. The van der Waals surface area contributed by atoms with Crippen LogP contribution in [0, 0.1) is 5.92 Å². The zero-order chi connectivity index (χ0) is 12.4. The molecule has 3 rings (SSSR count). The predicted molar refractivity (Wildman–Crippen MR) is 70.4 cm³/mol. The molecule has 0 N–H and O–H groups in total. The molecule has 0 bridgehead atoms. The van der Waals surface area contributed by atoms with Gasteiger partial charge in [-0.15, -0.1) is 0 Å². The van der Waals surface area contributed by atoms with Gasteiger partial charge in [0.25, 0.3) is 0 Å². The van der Waals surface area contributed by atoms with Crippen LogP contribution in [-0.4, -0.2) is 46.8 Å². The molecule has 0 aromatic carbocycles. The van der Waals surface area contributed by atoms with E-state index in [0.717, 1.165) is 31.6 Å². The van der Waals surface area contributed by atoms with E-state index < -0.39 is 0 Å². The monoisotopic (exact) mass is 249 g/mol. The third-order valence-corrected chi connectivity index (χ3v) is 4.42. The lowest BCUT2D eigenvalue weighted by Gasteiger charge is -2.31. The third-order valence-electron chi connectivity index (χ3n) is 4.42. The number of likely N-dealkylation sites (tertiary alicyclic amines) is 1. The number of imidazole rings is 1. The quantitative estimate of drug-likeness (QED) is 0.812. The lowest BCUT2D eigenvalue weighted by atomic mass is 10.0. The summed E-state index contributed by atoms with van der Waals surface area (Å²) >= 11 is 0. The van der Waals surface area contributed by atoms with Crippen molar-refractivity contribution in [2.45, 2.75) is 31.7 Å². The molecule has 4 heteroatoms. The zero-order valence-electron chi connectivity index (χ0n) is 11.2. The maximum Gasteiger partial charge on any atom is 0.108 e. The summed E-state index contributed by atoms with van der Waals surface area (Å²) in [6.07, 6.45) is 8.83. The normalized spacial score (nSPS) is 26.8. The molecular formula is C14H23N3O. The molecule has 3 heterocycles. The highest BCUT2D eigenvalue weighted by Crippen LogP contribution is 2.25. The molecule has 2 fully saturated rings. The average molecular weight is 249 g/mol. The maximum atomic E-state index is 5.45. The predicted octanol–water partition coefficient (Wildman–Crippen LogP) is 1.46. The molecule has 2 saturated heterocycles. The van der Waals surface area contributed by atoms with Crippen LogP contribution in [0.1, 0.15) is 25.1 Å². The molecule has 0 aliphatic carbocycles. The summed E-state index contributed by atoms with van der Waals surface area (Å²) in [7, 11) is 2.09. The summed E-state index contributed by atoms with van der Waals surface area (Å²) < 4.78 is 7.60. The van der Waals surface area contributed by atoms with E-state index in [1.165, 1.54) is 38.2 Å². The van der Waals surface area contributed by atoms with Gasteiger partial charge in [0.2, 0.25) is 0 Å². The first-order chi connectivity index (χ1) is 8.83. The Kier molecular flexibility index (Phi) is 3.66.